The number of ether oxygens (including phenoxy) is 1. The van der Waals surface area contributed by atoms with E-state index in [0.717, 1.165) is 22.4 Å². The minimum atomic E-state index is 0.868. The van der Waals surface area contributed by atoms with Crippen molar-refractivity contribution < 1.29 is 4.74 Å². The number of methoxy groups -OCH3 is 1. The Hall–Kier alpha value is -4.93. The van der Waals surface area contributed by atoms with Crippen LogP contribution in [-0.2, 0) is 0 Å². The topological polar surface area (TPSA) is 26.5 Å². The monoisotopic (exact) mass is 530 g/mol. The van der Waals surface area contributed by atoms with E-state index in [1.807, 2.05) is 23.5 Å². The third-order valence-electron chi connectivity index (χ3n) is 8.30. The van der Waals surface area contributed by atoms with Gasteiger partial charge in [0.1, 0.15) is 5.75 Å². The molecule has 3 heterocycles. The summed E-state index contributed by atoms with van der Waals surface area (Å²) < 4.78 is 10.1. The Morgan fingerprint density at radius 2 is 1.50 bits per heavy atom. The normalized spacial score (nSPS) is 12.1. The van der Waals surface area contributed by atoms with E-state index in [-0.39, 0.29) is 0 Å². The van der Waals surface area contributed by atoms with Crippen molar-refractivity contribution in [2.45, 2.75) is 0 Å². The van der Waals surface area contributed by atoms with Crippen molar-refractivity contribution in [3.8, 4) is 16.9 Å². The van der Waals surface area contributed by atoms with Gasteiger partial charge in [0.15, 0.2) is 5.65 Å². The summed E-state index contributed by atoms with van der Waals surface area (Å²) in [4.78, 5) is 5.29. The van der Waals surface area contributed by atoms with Gasteiger partial charge in [-0.15, -0.1) is 11.3 Å². The Labute approximate surface area is 233 Å². The molecular formula is C36H22N2OS. The summed E-state index contributed by atoms with van der Waals surface area (Å²) in [5, 5.41) is 10.0. The predicted octanol–water partition coefficient (Wildman–Crippen LogP) is 9.99. The van der Waals surface area contributed by atoms with Crippen molar-refractivity contribution >= 4 is 80.5 Å². The number of nitrogens with zero attached hydrogens (tertiary/aromatic N) is 2. The molecule has 0 saturated carbocycles. The second kappa shape index (κ2) is 8.04. The van der Waals surface area contributed by atoms with E-state index in [1.165, 1.54) is 63.6 Å². The van der Waals surface area contributed by atoms with Crippen molar-refractivity contribution in [1.82, 2.24) is 9.38 Å². The summed E-state index contributed by atoms with van der Waals surface area (Å²) in [6, 6.07) is 39.3. The van der Waals surface area contributed by atoms with Crippen LogP contribution < -0.4 is 4.74 Å². The van der Waals surface area contributed by atoms with Crippen LogP contribution in [0.3, 0.4) is 0 Å². The Kier molecular flexibility index (Phi) is 4.41. The number of aromatic nitrogens is 2. The maximum absolute atomic E-state index is 5.38. The van der Waals surface area contributed by atoms with Crippen LogP contribution in [0.25, 0.3) is 80.3 Å². The molecule has 0 bridgehead atoms. The summed E-state index contributed by atoms with van der Waals surface area (Å²) in [6.07, 6.45) is 2.19. The number of hydrogen-bond donors (Lipinski definition) is 0. The lowest BCUT2D eigenvalue weighted by molar-refractivity contribution is 0.415. The molecule has 3 nitrogen and oxygen atoms in total. The van der Waals surface area contributed by atoms with E-state index in [4.69, 9.17) is 9.72 Å². The molecule has 0 aliphatic carbocycles. The smallest absolute Gasteiger partial charge is 0.156 e. The fourth-order valence-electron chi connectivity index (χ4n) is 6.35. The van der Waals surface area contributed by atoms with Crippen LogP contribution in [0.5, 0.6) is 5.75 Å². The number of benzene rings is 6. The summed E-state index contributed by atoms with van der Waals surface area (Å²) in [6.45, 7) is 0. The lowest BCUT2D eigenvalue weighted by atomic mass is 9.97. The van der Waals surface area contributed by atoms with Crippen molar-refractivity contribution in [1.29, 1.82) is 0 Å². The average molecular weight is 531 g/mol. The molecule has 0 saturated heterocycles. The van der Waals surface area contributed by atoms with Gasteiger partial charge in [-0.2, -0.15) is 0 Å². The molecule has 0 aliphatic rings. The van der Waals surface area contributed by atoms with Gasteiger partial charge in [-0.1, -0.05) is 72.8 Å². The van der Waals surface area contributed by atoms with Gasteiger partial charge in [-0.05, 0) is 74.5 Å². The second-order valence-electron chi connectivity index (χ2n) is 10.4. The highest BCUT2D eigenvalue weighted by molar-refractivity contribution is 7.26. The third kappa shape index (κ3) is 2.97. The second-order valence-corrected chi connectivity index (χ2v) is 11.4. The predicted molar refractivity (Wildman–Crippen MR) is 170 cm³/mol. The lowest BCUT2D eigenvalue weighted by Crippen LogP contribution is -1.85. The van der Waals surface area contributed by atoms with Crippen molar-refractivity contribution in [3.05, 3.63) is 115 Å². The van der Waals surface area contributed by atoms with E-state index in [1.54, 1.807) is 7.11 Å². The molecule has 0 unspecified atom stereocenters. The van der Waals surface area contributed by atoms with Gasteiger partial charge in [0.2, 0.25) is 0 Å². The van der Waals surface area contributed by atoms with Crippen molar-refractivity contribution in [2.75, 3.05) is 7.11 Å². The van der Waals surface area contributed by atoms with E-state index in [9.17, 15) is 0 Å². The summed E-state index contributed by atoms with van der Waals surface area (Å²) >= 11 is 1.84. The Morgan fingerprint density at radius 1 is 0.650 bits per heavy atom. The highest BCUT2D eigenvalue weighted by atomic mass is 32.1. The molecule has 0 spiro atoms. The molecule has 9 aromatic rings. The molecule has 4 heteroatoms. The van der Waals surface area contributed by atoms with Gasteiger partial charge in [-0.25, -0.2) is 4.98 Å². The number of rotatable bonds is 2. The number of hydrogen-bond acceptors (Lipinski definition) is 3. The van der Waals surface area contributed by atoms with Gasteiger partial charge >= 0.3 is 0 Å². The Morgan fingerprint density at radius 3 is 2.40 bits per heavy atom. The van der Waals surface area contributed by atoms with Crippen molar-refractivity contribution in [3.63, 3.8) is 0 Å². The van der Waals surface area contributed by atoms with Crippen LogP contribution in [0.2, 0.25) is 0 Å². The number of fused-ring (bicyclic) bond motifs is 12. The molecule has 3 aromatic heterocycles. The number of imidazole rings is 1. The maximum atomic E-state index is 5.38. The largest absolute Gasteiger partial charge is 0.497 e. The first-order valence-electron chi connectivity index (χ1n) is 13.4. The van der Waals surface area contributed by atoms with Crippen LogP contribution in [-0.4, -0.2) is 16.5 Å². The number of pyridine rings is 1. The molecule has 0 atom stereocenters. The van der Waals surface area contributed by atoms with Gasteiger partial charge in [0.25, 0.3) is 0 Å². The third-order valence-corrected chi connectivity index (χ3v) is 9.47. The van der Waals surface area contributed by atoms with Crippen LogP contribution in [0, 0.1) is 0 Å². The quantitative estimate of drug-likeness (QED) is 0.208. The molecule has 0 aliphatic heterocycles. The highest BCUT2D eigenvalue weighted by Gasteiger charge is 2.16. The fourth-order valence-corrected chi connectivity index (χ4v) is 7.56. The zero-order valence-electron chi connectivity index (χ0n) is 21.7. The Balaban J connectivity index is 1.32. The minimum Gasteiger partial charge on any atom is -0.497 e. The summed E-state index contributed by atoms with van der Waals surface area (Å²) in [5.74, 6) is 0.868. The molecule has 6 aromatic carbocycles. The molecule has 0 N–H and O–H groups in total. The van der Waals surface area contributed by atoms with Gasteiger partial charge in [0.05, 0.1) is 22.8 Å². The molecule has 0 radical (unpaired) electrons. The van der Waals surface area contributed by atoms with E-state index in [0.29, 0.717) is 0 Å². The first-order valence-corrected chi connectivity index (χ1v) is 14.2. The van der Waals surface area contributed by atoms with E-state index in [2.05, 4.69) is 108 Å². The first kappa shape index (κ1) is 21.9. The highest BCUT2D eigenvalue weighted by Crippen LogP contribution is 2.42. The zero-order valence-corrected chi connectivity index (χ0v) is 22.5. The first-order chi connectivity index (χ1) is 19.8. The Bertz CT molecular complexity index is 2470. The van der Waals surface area contributed by atoms with E-state index < -0.39 is 0 Å². The fraction of sp³-hybridized carbons (Fsp3) is 0.0278. The summed E-state index contributed by atoms with van der Waals surface area (Å²) in [7, 11) is 1.70. The molecule has 40 heavy (non-hydrogen) atoms. The van der Waals surface area contributed by atoms with Crippen LogP contribution in [0.15, 0.2) is 115 Å². The van der Waals surface area contributed by atoms with Crippen LogP contribution in [0.1, 0.15) is 0 Å². The van der Waals surface area contributed by atoms with Gasteiger partial charge < -0.3 is 4.74 Å². The molecule has 0 amide bonds. The summed E-state index contributed by atoms with van der Waals surface area (Å²) in [5.41, 5.74) is 5.64. The molecular weight excluding hydrogens is 508 g/mol. The molecule has 0 fully saturated rings. The maximum Gasteiger partial charge on any atom is 0.156 e. The molecule has 9 rings (SSSR count). The van der Waals surface area contributed by atoms with Gasteiger partial charge in [-0.3, -0.25) is 4.40 Å². The standard InChI is InChI=1S/C36H22N2OS/c1-39-24-12-9-22(10-13-24)26-8-4-6-23-19-33-31(20-30(23)26)29-17-18-38-32-16-15-27-25-7-3-2-5-21(25)11-14-28(27)34(32)37-36(38)35(29)40-33/h2-20H,1H3. The zero-order chi connectivity index (χ0) is 26.4. The van der Waals surface area contributed by atoms with E-state index >= 15 is 0 Å². The van der Waals surface area contributed by atoms with Crippen LogP contribution >= 0.6 is 11.3 Å². The lowest BCUT2D eigenvalue weighted by Gasteiger charge is -2.08. The van der Waals surface area contributed by atoms with Crippen molar-refractivity contribution in [2.24, 2.45) is 0 Å². The van der Waals surface area contributed by atoms with Gasteiger partial charge in [0, 0.05) is 27.1 Å². The molecule has 188 valence electrons. The minimum absolute atomic E-state index is 0.868. The average Bonchev–Trinajstić information content (AvgIpc) is 3.58. The van der Waals surface area contributed by atoms with Crippen LogP contribution in [0.4, 0.5) is 0 Å². The SMILES string of the molecule is COc1ccc(-c2cccc3cc4sc5c(ccn6c7ccc8c9ccccc9ccc8c7nc56)c4cc23)cc1. The number of thiophene rings is 1.